The first-order valence-electron chi connectivity index (χ1n) is 11.5. The molecule has 0 aromatic carbocycles. The maximum atomic E-state index is 11.5. The second-order valence-corrected chi connectivity index (χ2v) is 7.04. The summed E-state index contributed by atoms with van der Waals surface area (Å²) in [5.74, 6) is -1.05. The molecule has 0 spiro atoms. The molecular formula is C27H40O5. The van der Waals surface area contributed by atoms with Gasteiger partial charge in [0.2, 0.25) is 6.79 Å². The van der Waals surface area contributed by atoms with Crippen molar-refractivity contribution in [3.8, 4) is 0 Å². The molecule has 5 nitrogen and oxygen atoms in total. The highest BCUT2D eigenvalue weighted by Gasteiger charge is 2.10. The van der Waals surface area contributed by atoms with Gasteiger partial charge in [0.15, 0.2) is 0 Å². The van der Waals surface area contributed by atoms with Crippen molar-refractivity contribution in [2.75, 3.05) is 6.79 Å². The highest BCUT2D eigenvalue weighted by Crippen LogP contribution is 2.00. The molecule has 0 aromatic heterocycles. The minimum absolute atomic E-state index is 0.0960. The number of hydrogen-bond acceptors (Lipinski definition) is 5. The van der Waals surface area contributed by atoms with Gasteiger partial charge in [-0.25, -0.2) is 0 Å². The number of allylic oxidation sites excluding steroid dienone is 11. The average molecular weight is 445 g/mol. The van der Waals surface area contributed by atoms with Crippen LogP contribution in [0.25, 0.3) is 0 Å². The largest absolute Gasteiger partial charge is 0.428 e. The maximum Gasteiger partial charge on any atom is 0.312 e. The van der Waals surface area contributed by atoms with Gasteiger partial charge in [-0.1, -0.05) is 86.8 Å². The zero-order valence-electron chi connectivity index (χ0n) is 19.7. The fourth-order valence-electron chi connectivity index (χ4n) is 2.32. The summed E-state index contributed by atoms with van der Waals surface area (Å²) in [6.07, 6.45) is 30.5. The minimum atomic E-state index is -0.725. The molecule has 0 fully saturated rings. The lowest BCUT2D eigenvalue weighted by atomic mass is 10.2. The number of carbonyl (C=O) groups excluding carboxylic acids is 2. The van der Waals surface area contributed by atoms with Crippen LogP contribution < -0.4 is 0 Å². The number of rotatable bonds is 18. The zero-order valence-corrected chi connectivity index (χ0v) is 19.7. The van der Waals surface area contributed by atoms with Crippen LogP contribution in [0.5, 0.6) is 0 Å². The van der Waals surface area contributed by atoms with E-state index in [1.807, 2.05) is 12.2 Å². The molecule has 0 saturated carbocycles. The Labute approximate surface area is 193 Å². The normalized spacial score (nSPS) is 13.5. The van der Waals surface area contributed by atoms with E-state index in [0.29, 0.717) is 6.42 Å². The fraction of sp³-hybridized carbons (Fsp3) is 0.481. The van der Waals surface area contributed by atoms with Gasteiger partial charge < -0.3 is 14.6 Å². The molecule has 0 aliphatic heterocycles. The first kappa shape index (κ1) is 29.3. The first-order chi connectivity index (χ1) is 15.6. The van der Waals surface area contributed by atoms with Crippen molar-refractivity contribution in [3.63, 3.8) is 0 Å². The van der Waals surface area contributed by atoms with Crippen LogP contribution >= 0.6 is 0 Å². The van der Waals surface area contributed by atoms with Crippen molar-refractivity contribution in [3.05, 3.63) is 72.9 Å². The second-order valence-electron chi connectivity index (χ2n) is 7.04. The van der Waals surface area contributed by atoms with Gasteiger partial charge in [0.25, 0.3) is 0 Å². The molecular weight excluding hydrogens is 404 g/mol. The van der Waals surface area contributed by atoms with Crippen LogP contribution in [0.4, 0.5) is 0 Å². The van der Waals surface area contributed by atoms with Crippen molar-refractivity contribution in [2.24, 2.45) is 0 Å². The SMILES string of the molecule is CC/C=C\C/C=C\C/C=C\C/C=C\C/C=C\C/C=C\CC(=O)OCOC(=O)CC(O)CC. The Morgan fingerprint density at radius 1 is 0.656 bits per heavy atom. The molecule has 0 amide bonds. The lowest BCUT2D eigenvalue weighted by Gasteiger charge is -2.08. The minimum Gasteiger partial charge on any atom is -0.428 e. The number of ether oxygens (including phenoxy) is 2. The third-order valence-electron chi connectivity index (χ3n) is 4.19. The molecule has 5 heteroatoms. The number of carbonyl (C=O) groups is 2. The predicted molar refractivity (Wildman–Crippen MR) is 131 cm³/mol. The molecule has 0 heterocycles. The van der Waals surface area contributed by atoms with Gasteiger partial charge in [-0.15, -0.1) is 0 Å². The standard InChI is InChI=1S/C27H40O5/c1-3-5-6-7-8-9-10-11-12-13-14-15-16-17-18-19-20-21-22-26(29)31-24-32-27(30)23-25(28)4-2/h5-6,8-9,11-12,14-15,17-18,20-21,25,28H,3-4,7,10,13,16,19,22-24H2,1-2H3/b6-5-,9-8-,12-11-,15-14-,18-17-,21-20-. The lowest BCUT2D eigenvalue weighted by molar-refractivity contribution is -0.167. The Hall–Kier alpha value is -2.66. The van der Waals surface area contributed by atoms with E-state index in [4.69, 9.17) is 9.47 Å². The Balaban J connectivity index is 3.67. The number of hydrogen-bond donors (Lipinski definition) is 1. The summed E-state index contributed by atoms with van der Waals surface area (Å²) in [7, 11) is 0. The molecule has 0 rings (SSSR count). The van der Waals surface area contributed by atoms with Gasteiger partial charge in [-0.05, 0) is 44.9 Å². The molecule has 178 valence electrons. The van der Waals surface area contributed by atoms with Gasteiger partial charge in [0, 0.05) is 0 Å². The zero-order chi connectivity index (χ0) is 23.7. The highest BCUT2D eigenvalue weighted by molar-refractivity contribution is 5.72. The second kappa shape index (κ2) is 23.0. The maximum absolute atomic E-state index is 11.5. The van der Waals surface area contributed by atoms with Gasteiger partial charge in [0.1, 0.15) is 0 Å². The lowest BCUT2D eigenvalue weighted by Crippen LogP contribution is -2.17. The predicted octanol–water partition coefficient (Wildman–Crippen LogP) is 6.28. The first-order valence-corrected chi connectivity index (χ1v) is 11.5. The van der Waals surface area contributed by atoms with Gasteiger partial charge in [0.05, 0.1) is 18.9 Å². The van der Waals surface area contributed by atoms with E-state index in [-0.39, 0.29) is 12.8 Å². The third-order valence-corrected chi connectivity index (χ3v) is 4.19. The van der Waals surface area contributed by atoms with Crippen molar-refractivity contribution in [1.29, 1.82) is 0 Å². The van der Waals surface area contributed by atoms with Gasteiger partial charge in [-0.2, -0.15) is 0 Å². The quantitative estimate of drug-likeness (QED) is 0.153. The number of aliphatic hydroxyl groups excluding tert-OH is 1. The van der Waals surface area contributed by atoms with Gasteiger partial charge >= 0.3 is 11.9 Å². The molecule has 1 N–H and O–H groups in total. The van der Waals surface area contributed by atoms with Crippen LogP contribution in [0.2, 0.25) is 0 Å². The van der Waals surface area contributed by atoms with Crippen LogP contribution in [-0.4, -0.2) is 29.9 Å². The summed E-state index contributed by atoms with van der Waals surface area (Å²) in [4.78, 5) is 22.8. The van der Waals surface area contributed by atoms with E-state index in [1.54, 1.807) is 13.0 Å². The van der Waals surface area contributed by atoms with E-state index < -0.39 is 24.8 Å². The van der Waals surface area contributed by atoms with Crippen LogP contribution in [-0.2, 0) is 19.1 Å². The third kappa shape index (κ3) is 22.0. The Morgan fingerprint density at radius 2 is 1.06 bits per heavy atom. The van der Waals surface area contributed by atoms with Crippen molar-refractivity contribution < 1.29 is 24.2 Å². The summed E-state index contributed by atoms with van der Waals surface area (Å²) < 4.78 is 9.54. The summed E-state index contributed by atoms with van der Waals surface area (Å²) in [6, 6.07) is 0. The van der Waals surface area contributed by atoms with Gasteiger partial charge in [-0.3, -0.25) is 9.59 Å². The molecule has 1 atom stereocenters. The number of aliphatic hydroxyl groups is 1. The average Bonchev–Trinajstić information content (AvgIpc) is 2.78. The van der Waals surface area contributed by atoms with Crippen molar-refractivity contribution >= 4 is 11.9 Å². The summed E-state index contributed by atoms with van der Waals surface area (Å²) in [6.45, 7) is 3.49. The van der Waals surface area contributed by atoms with E-state index in [0.717, 1.165) is 38.5 Å². The topological polar surface area (TPSA) is 72.8 Å². The monoisotopic (exact) mass is 444 g/mol. The molecule has 0 bridgehead atoms. The van der Waals surface area contributed by atoms with E-state index in [2.05, 4.69) is 61.6 Å². The van der Waals surface area contributed by atoms with Crippen LogP contribution in [0.15, 0.2) is 72.9 Å². The number of esters is 2. The van der Waals surface area contributed by atoms with Crippen molar-refractivity contribution in [2.45, 2.75) is 77.7 Å². The fourth-order valence-corrected chi connectivity index (χ4v) is 2.32. The summed E-state index contributed by atoms with van der Waals surface area (Å²) >= 11 is 0. The van der Waals surface area contributed by atoms with Crippen LogP contribution in [0.3, 0.4) is 0 Å². The summed E-state index contributed by atoms with van der Waals surface area (Å²) in [5, 5.41) is 9.32. The molecule has 32 heavy (non-hydrogen) atoms. The van der Waals surface area contributed by atoms with E-state index in [9.17, 15) is 14.7 Å². The van der Waals surface area contributed by atoms with Crippen LogP contribution in [0.1, 0.15) is 71.6 Å². The molecule has 0 aromatic rings. The highest BCUT2D eigenvalue weighted by atomic mass is 16.7. The van der Waals surface area contributed by atoms with E-state index in [1.165, 1.54) is 0 Å². The molecule has 0 saturated heterocycles. The molecule has 0 radical (unpaired) electrons. The Bertz CT molecular complexity index is 653. The molecule has 0 aliphatic carbocycles. The molecule has 0 aliphatic rings. The summed E-state index contributed by atoms with van der Waals surface area (Å²) in [5.41, 5.74) is 0. The Morgan fingerprint density at radius 3 is 1.50 bits per heavy atom. The van der Waals surface area contributed by atoms with Crippen molar-refractivity contribution in [1.82, 2.24) is 0 Å². The smallest absolute Gasteiger partial charge is 0.312 e. The molecule has 1 unspecified atom stereocenters. The Kier molecular flexibility index (Phi) is 21.1. The van der Waals surface area contributed by atoms with E-state index >= 15 is 0 Å². The van der Waals surface area contributed by atoms with Crippen LogP contribution in [0, 0.1) is 0 Å².